The van der Waals surface area contributed by atoms with Gasteiger partial charge in [-0.05, 0) is 18.6 Å². The van der Waals surface area contributed by atoms with Crippen LogP contribution in [0.3, 0.4) is 0 Å². The van der Waals surface area contributed by atoms with Crippen LogP contribution in [0.2, 0.25) is 5.02 Å². The van der Waals surface area contributed by atoms with Gasteiger partial charge in [0.25, 0.3) is 5.69 Å². The number of ether oxygens (including phenoxy) is 1. The van der Waals surface area contributed by atoms with Crippen molar-refractivity contribution in [2.75, 3.05) is 0 Å². The van der Waals surface area contributed by atoms with Crippen LogP contribution in [-0.4, -0.2) is 16.7 Å². The van der Waals surface area contributed by atoms with Crippen LogP contribution in [0.1, 0.15) is 30.9 Å². The number of benzene rings is 2. The largest absolute Gasteiger partial charge is 0.460 e. The molecule has 0 radical (unpaired) electrons. The van der Waals surface area contributed by atoms with Crippen LogP contribution < -0.4 is 0 Å². The van der Waals surface area contributed by atoms with Gasteiger partial charge in [0.2, 0.25) is 0 Å². The molecule has 0 spiro atoms. The highest BCUT2D eigenvalue weighted by Crippen LogP contribution is 2.34. The van der Waals surface area contributed by atoms with Gasteiger partial charge in [-0.25, -0.2) is 0 Å². The van der Waals surface area contributed by atoms with Gasteiger partial charge in [0, 0.05) is 22.6 Å². The van der Waals surface area contributed by atoms with Gasteiger partial charge in [-0.2, -0.15) is 0 Å². The topological polar surface area (TPSA) is 86.5 Å². The second-order valence-electron chi connectivity index (χ2n) is 5.93. The second kappa shape index (κ2) is 8.58. The molecule has 2 rings (SSSR count). The summed E-state index contributed by atoms with van der Waals surface area (Å²) in [6, 6.07) is 13.2. The van der Waals surface area contributed by atoms with Crippen molar-refractivity contribution in [1.82, 2.24) is 0 Å². The number of carbonyl (C=O) groups excluding carboxylic acids is 2. The number of esters is 1. The van der Waals surface area contributed by atoms with E-state index in [1.54, 1.807) is 19.1 Å². The van der Waals surface area contributed by atoms with E-state index in [4.69, 9.17) is 16.3 Å². The molecule has 0 N–H and O–H groups in total. The Labute approximate surface area is 155 Å². The van der Waals surface area contributed by atoms with Gasteiger partial charge < -0.3 is 4.74 Å². The fourth-order valence-corrected chi connectivity index (χ4v) is 2.95. The Kier molecular flexibility index (Phi) is 6.46. The normalized spacial score (nSPS) is 12.9. The molecule has 6 nitrogen and oxygen atoms in total. The molecule has 2 atom stereocenters. The van der Waals surface area contributed by atoms with Crippen molar-refractivity contribution in [2.24, 2.45) is 5.92 Å². The van der Waals surface area contributed by atoms with Crippen LogP contribution in [0.4, 0.5) is 5.69 Å². The van der Waals surface area contributed by atoms with Crippen LogP contribution in [0, 0.1) is 16.0 Å². The van der Waals surface area contributed by atoms with Gasteiger partial charge in [-0.1, -0.05) is 54.9 Å². The Morgan fingerprint density at radius 1 is 1.19 bits per heavy atom. The molecule has 0 heterocycles. The Morgan fingerprint density at radius 3 is 2.42 bits per heavy atom. The third-order valence-electron chi connectivity index (χ3n) is 4.10. The molecule has 2 aromatic carbocycles. The zero-order valence-corrected chi connectivity index (χ0v) is 15.1. The van der Waals surface area contributed by atoms with E-state index in [1.165, 1.54) is 25.1 Å². The van der Waals surface area contributed by atoms with Crippen molar-refractivity contribution in [3.05, 3.63) is 74.8 Å². The number of nitro benzene ring substituents is 1. The monoisotopic (exact) mass is 375 g/mol. The molecule has 2 aromatic rings. The van der Waals surface area contributed by atoms with E-state index in [0.29, 0.717) is 0 Å². The van der Waals surface area contributed by atoms with E-state index in [0.717, 1.165) is 5.56 Å². The molecule has 0 aliphatic heterocycles. The maximum atomic E-state index is 12.5. The number of ketones is 1. The average Bonchev–Trinajstić information content (AvgIpc) is 2.60. The van der Waals surface area contributed by atoms with Gasteiger partial charge in [0.05, 0.1) is 4.92 Å². The summed E-state index contributed by atoms with van der Waals surface area (Å²) in [7, 11) is 0. The molecule has 7 heteroatoms. The van der Waals surface area contributed by atoms with Crippen molar-refractivity contribution in [2.45, 2.75) is 26.4 Å². The summed E-state index contributed by atoms with van der Waals surface area (Å²) < 4.78 is 5.26. The first kappa shape index (κ1) is 19.6. The fraction of sp³-hybridized carbons (Fsp3) is 0.263. The molecule has 0 aliphatic carbocycles. The fourth-order valence-electron chi connectivity index (χ4n) is 2.78. The summed E-state index contributed by atoms with van der Waals surface area (Å²) in [5, 5.41) is 11.5. The lowest BCUT2D eigenvalue weighted by Gasteiger charge is -2.20. The number of halogens is 1. The predicted molar refractivity (Wildman–Crippen MR) is 96.9 cm³/mol. The van der Waals surface area contributed by atoms with E-state index < -0.39 is 28.5 Å². The Bertz CT molecular complexity index is 822. The number of nitro groups is 1. The first-order valence-corrected chi connectivity index (χ1v) is 8.34. The zero-order valence-electron chi connectivity index (χ0n) is 14.3. The number of rotatable bonds is 7. The van der Waals surface area contributed by atoms with Crippen molar-refractivity contribution in [1.29, 1.82) is 0 Å². The summed E-state index contributed by atoms with van der Waals surface area (Å²) in [6.45, 7) is 2.89. The third kappa shape index (κ3) is 4.67. The van der Waals surface area contributed by atoms with E-state index >= 15 is 0 Å². The van der Waals surface area contributed by atoms with E-state index in [1.807, 2.05) is 18.2 Å². The number of hydrogen-bond acceptors (Lipinski definition) is 5. The average molecular weight is 376 g/mol. The first-order valence-electron chi connectivity index (χ1n) is 7.96. The highest BCUT2D eigenvalue weighted by molar-refractivity contribution is 6.30. The summed E-state index contributed by atoms with van der Waals surface area (Å²) in [5.74, 6) is -3.00. The molecule has 0 saturated heterocycles. The summed E-state index contributed by atoms with van der Waals surface area (Å²) >= 11 is 5.82. The molecule has 0 aromatic heterocycles. The molecule has 0 aliphatic rings. The van der Waals surface area contributed by atoms with Gasteiger partial charge >= 0.3 is 5.97 Å². The minimum absolute atomic E-state index is 0.0267. The standard InChI is InChI=1S/C19H18ClNO5/c1-12(16-9-8-15(20)10-17(16)21(24)25)18(13(2)22)19(23)26-11-14-6-4-3-5-7-14/h3-10,12,18H,11H2,1-2H3. The first-order chi connectivity index (χ1) is 12.3. The Hall–Kier alpha value is -2.73. The minimum Gasteiger partial charge on any atom is -0.460 e. The zero-order chi connectivity index (χ0) is 19.3. The van der Waals surface area contributed by atoms with E-state index in [-0.39, 0.29) is 22.9 Å². The Balaban J connectivity index is 2.25. The highest BCUT2D eigenvalue weighted by Gasteiger charge is 2.35. The maximum Gasteiger partial charge on any atom is 0.317 e. The number of carbonyl (C=O) groups is 2. The molecular weight excluding hydrogens is 358 g/mol. The number of nitrogens with zero attached hydrogens (tertiary/aromatic N) is 1. The van der Waals surface area contributed by atoms with Crippen molar-refractivity contribution < 1.29 is 19.2 Å². The summed E-state index contributed by atoms with van der Waals surface area (Å²) in [5.41, 5.74) is 0.816. The van der Waals surface area contributed by atoms with Crippen molar-refractivity contribution in [3.8, 4) is 0 Å². The quantitative estimate of drug-likeness (QED) is 0.311. The lowest BCUT2D eigenvalue weighted by molar-refractivity contribution is -0.385. The molecule has 0 fully saturated rings. The van der Waals surface area contributed by atoms with E-state index in [2.05, 4.69) is 0 Å². The lowest BCUT2D eigenvalue weighted by Crippen LogP contribution is -2.29. The molecule has 2 unspecified atom stereocenters. The predicted octanol–water partition coefficient (Wildman–Crippen LogP) is 4.30. The highest BCUT2D eigenvalue weighted by atomic mass is 35.5. The second-order valence-corrected chi connectivity index (χ2v) is 6.37. The Morgan fingerprint density at radius 2 is 1.85 bits per heavy atom. The third-order valence-corrected chi connectivity index (χ3v) is 4.33. The van der Waals surface area contributed by atoms with Gasteiger partial charge in [-0.15, -0.1) is 0 Å². The molecule has 0 bridgehead atoms. The lowest BCUT2D eigenvalue weighted by atomic mass is 9.84. The van der Waals surface area contributed by atoms with Crippen LogP contribution in [0.25, 0.3) is 0 Å². The molecule has 26 heavy (non-hydrogen) atoms. The molecule has 136 valence electrons. The number of Topliss-reactive ketones (excluding diaryl/α,β-unsaturated/α-hetero) is 1. The molecule has 0 amide bonds. The number of hydrogen-bond donors (Lipinski definition) is 0. The van der Waals surface area contributed by atoms with Crippen LogP contribution in [0.5, 0.6) is 0 Å². The van der Waals surface area contributed by atoms with Crippen LogP contribution in [0.15, 0.2) is 48.5 Å². The van der Waals surface area contributed by atoms with Gasteiger partial charge in [0.1, 0.15) is 18.3 Å². The minimum atomic E-state index is -1.14. The maximum absolute atomic E-state index is 12.5. The van der Waals surface area contributed by atoms with Crippen LogP contribution >= 0.6 is 11.6 Å². The van der Waals surface area contributed by atoms with Gasteiger partial charge in [0.15, 0.2) is 0 Å². The van der Waals surface area contributed by atoms with Crippen LogP contribution in [-0.2, 0) is 20.9 Å². The summed E-state index contributed by atoms with van der Waals surface area (Å²) in [6.07, 6.45) is 0. The van der Waals surface area contributed by atoms with Crippen molar-refractivity contribution in [3.63, 3.8) is 0 Å². The van der Waals surface area contributed by atoms with Crippen molar-refractivity contribution >= 4 is 29.0 Å². The SMILES string of the molecule is CC(=O)C(C(=O)OCc1ccccc1)C(C)c1ccc(Cl)cc1[N+](=O)[O-]. The smallest absolute Gasteiger partial charge is 0.317 e. The summed E-state index contributed by atoms with van der Waals surface area (Å²) in [4.78, 5) is 35.3. The molecule has 0 saturated carbocycles. The van der Waals surface area contributed by atoms with E-state index in [9.17, 15) is 19.7 Å². The molecular formula is C19H18ClNO5. The van der Waals surface area contributed by atoms with Gasteiger partial charge in [-0.3, -0.25) is 19.7 Å².